The van der Waals surface area contributed by atoms with Crippen LogP contribution in [-0.4, -0.2) is 75.3 Å². The van der Waals surface area contributed by atoms with Crippen molar-refractivity contribution in [3.63, 3.8) is 0 Å². The largest absolute Gasteiger partial charge is 1.00 e. The van der Waals surface area contributed by atoms with Crippen LogP contribution in [0.2, 0.25) is 0 Å². The molecule has 0 aromatic carbocycles. The van der Waals surface area contributed by atoms with E-state index in [-0.39, 0.29) is 24.0 Å². The summed E-state index contributed by atoms with van der Waals surface area (Å²) in [5.41, 5.74) is 1.04. The van der Waals surface area contributed by atoms with Crippen molar-refractivity contribution in [3.8, 4) is 0 Å². The van der Waals surface area contributed by atoms with E-state index in [4.69, 9.17) is 0 Å². The topological polar surface area (TPSA) is 32.6 Å². The highest BCUT2D eigenvalue weighted by atomic mass is 127. The highest BCUT2D eigenvalue weighted by Crippen LogP contribution is 2.29. The maximum atomic E-state index is 9.40. The van der Waals surface area contributed by atoms with E-state index in [1.807, 2.05) is 0 Å². The molecule has 5 heteroatoms. The molecule has 1 aliphatic rings. The molecule has 0 aliphatic heterocycles. The van der Waals surface area contributed by atoms with E-state index in [1.165, 1.54) is 19.3 Å². The van der Waals surface area contributed by atoms with Crippen molar-refractivity contribution in [2.75, 3.05) is 55.4 Å². The Kier molecular flexibility index (Phi) is 7.27. The molecule has 1 rings (SSSR count). The summed E-state index contributed by atoms with van der Waals surface area (Å²) in [6.45, 7) is 2.13. The Morgan fingerprint density at radius 3 is 1.58 bits per heavy atom. The molecular weight excluding hydrogens is 353 g/mol. The Balaban J connectivity index is 0.00000324. The highest BCUT2D eigenvalue weighted by Gasteiger charge is 2.35. The molecule has 114 valence electrons. The Morgan fingerprint density at radius 1 is 0.947 bits per heavy atom. The van der Waals surface area contributed by atoms with Gasteiger partial charge < -0.3 is 38.1 Å². The molecule has 1 fully saturated rings. The lowest BCUT2D eigenvalue weighted by Crippen LogP contribution is -3.00. The lowest BCUT2D eigenvalue weighted by Gasteiger charge is -2.37. The van der Waals surface area contributed by atoms with E-state index in [2.05, 4.69) is 47.4 Å². The third kappa shape index (κ3) is 6.90. The molecule has 0 aromatic rings. The molecule has 0 radical (unpaired) electrons. The molecule has 1 N–H and O–H groups in total. The first-order valence-corrected chi connectivity index (χ1v) is 6.95. The average molecular weight is 384 g/mol. The van der Waals surface area contributed by atoms with Crippen molar-refractivity contribution in [3.05, 3.63) is 0 Å². The maximum absolute atomic E-state index is 9.40. The summed E-state index contributed by atoms with van der Waals surface area (Å²) in [7, 11) is 13.2. The first-order chi connectivity index (χ1) is 8.12. The summed E-state index contributed by atoms with van der Waals surface area (Å²) in [5, 5.41) is 13.1. The van der Waals surface area contributed by atoms with Gasteiger partial charge in [0.25, 0.3) is 0 Å². The zero-order valence-corrected chi connectivity index (χ0v) is 15.5. The van der Waals surface area contributed by atoms with Crippen molar-refractivity contribution < 1.29 is 38.1 Å². The van der Waals surface area contributed by atoms with E-state index < -0.39 is 0 Å². The molecule has 19 heavy (non-hydrogen) atoms. The molecule has 0 spiro atoms. The second-order valence-corrected chi connectivity index (χ2v) is 7.80. The SMILES string of the molecule is C[N+](C)(C)CC1CCCC(C[N+](C)(C)C)C1=NO.[I-]. The number of oxime groups is 1. The van der Waals surface area contributed by atoms with Gasteiger partial charge in [0.05, 0.1) is 72.9 Å². The second kappa shape index (κ2) is 7.22. The fraction of sp³-hybridized carbons (Fsp3) is 0.929. The minimum atomic E-state index is 0. The predicted octanol–water partition coefficient (Wildman–Crippen LogP) is -1.35. The van der Waals surface area contributed by atoms with Gasteiger partial charge in [0.1, 0.15) is 0 Å². The van der Waals surface area contributed by atoms with Gasteiger partial charge in [0.2, 0.25) is 0 Å². The van der Waals surface area contributed by atoms with Crippen LogP contribution in [0.15, 0.2) is 5.16 Å². The molecular formula is C14H31IN3O+. The summed E-state index contributed by atoms with van der Waals surface area (Å²) in [4.78, 5) is 0. The minimum Gasteiger partial charge on any atom is -1.00 e. The number of hydrogen-bond donors (Lipinski definition) is 1. The van der Waals surface area contributed by atoms with Crippen molar-refractivity contribution in [2.45, 2.75) is 19.3 Å². The number of halogens is 1. The van der Waals surface area contributed by atoms with Crippen LogP contribution < -0.4 is 24.0 Å². The summed E-state index contributed by atoms with van der Waals surface area (Å²) in [6.07, 6.45) is 3.60. The van der Waals surface area contributed by atoms with Crippen LogP contribution in [0.1, 0.15) is 19.3 Å². The zero-order chi connectivity index (χ0) is 14.0. The van der Waals surface area contributed by atoms with Crippen molar-refractivity contribution in [2.24, 2.45) is 17.0 Å². The number of nitrogens with zero attached hydrogens (tertiary/aromatic N) is 3. The molecule has 1 aliphatic carbocycles. The molecule has 0 bridgehead atoms. The molecule has 0 aromatic heterocycles. The van der Waals surface area contributed by atoms with Crippen LogP contribution >= 0.6 is 0 Å². The number of rotatable bonds is 4. The molecule has 0 amide bonds. The van der Waals surface area contributed by atoms with Gasteiger partial charge in [-0.2, -0.15) is 0 Å². The molecule has 1 saturated carbocycles. The molecule has 2 unspecified atom stereocenters. The van der Waals surface area contributed by atoms with Gasteiger partial charge in [-0.3, -0.25) is 0 Å². The van der Waals surface area contributed by atoms with Gasteiger partial charge in [0.15, 0.2) is 0 Å². The minimum absolute atomic E-state index is 0. The van der Waals surface area contributed by atoms with Crippen molar-refractivity contribution >= 4 is 5.71 Å². The molecule has 0 saturated heterocycles. The fourth-order valence-corrected chi connectivity index (χ4v) is 3.10. The molecule has 2 atom stereocenters. The van der Waals surface area contributed by atoms with Gasteiger partial charge in [-0.05, 0) is 12.8 Å². The first-order valence-electron chi connectivity index (χ1n) is 6.95. The predicted molar refractivity (Wildman–Crippen MR) is 75.9 cm³/mol. The van der Waals surface area contributed by atoms with Crippen LogP contribution in [0.5, 0.6) is 0 Å². The Hall–Kier alpha value is 0.120. The van der Waals surface area contributed by atoms with Crippen LogP contribution in [0.4, 0.5) is 0 Å². The molecule has 0 heterocycles. The fourth-order valence-electron chi connectivity index (χ4n) is 3.10. The van der Waals surface area contributed by atoms with E-state index in [9.17, 15) is 5.21 Å². The zero-order valence-electron chi connectivity index (χ0n) is 13.4. The first kappa shape index (κ1) is 19.1. The van der Waals surface area contributed by atoms with Crippen LogP contribution in [0.3, 0.4) is 0 Å². The Bertz CT molecular complexity index is 279. The molecule has 4 nitrogen and oxygen atoms in total. The van der Waals surface area contributed by atoms with E-state index in [0.717, 1.165) is 27.8 Å². The van der Waals surface area contributed by atoms with Crippen LogP contribution in [-0.2, 0) is 0 Å². The van der Waals surface area contributed by atoms with Gasteiger partial charge in [0, 0.05) is 0 Å². The van der Waals surface area contributed by atoms with E-state index >= 15 is 0 Å². The lowest BCUT2D eigenvalue weighted by atomic mass is 9.78. The van der Waals surface area contributed by atoms with Crippen LogP contribution in [0, 0.1) is 11.8 Å². The maximum Gasteiger partial charge on any atom is 0.0863 e. The third-order valence-corrected chi connectivity index (χ3v) is 3.59. The van der Waals surface area contributed by atoms with Gasteiger partial charge in [-0.15, -0.1) is 0 Å². The van der Waals surface area contributed by atoms with Gasteiger partial charge in [-0.25, -0.2) is 0 Å². The highest BCUT2D eigenvalue weighted by molar-refractivity contribution is 5.89. The second-order valence-electron chi connectivity index (χ2n) is 7.80. The lowest BCUT2D eigenvalue weighted by molar-refractivity contribution is -0.874. The monoisotopic (exact) mass is 384 g/mol. The van der Waals surface area contributed by atoms with E-state index in [1.54, 1.807) is 0 Å². The Labute approximate surface area is 135 Å². The van der Waals surface area contributed by atoms with Gasteiger partial charge >= 0.3 is 0 Å². The van der Waals surface area contributed by atoms with Crippen molar-refractivity contribution in [1.82, 2.24) is 0 Å². The van der Waals surface area contributed by atoms with Crippen molar-refractivity contribution in [1.29, 1.82) is 0 Å². The summed E-state index contributed by atoms with van der Waals surface area (Å²) in [6, 6.07) is 0. The smallest absolute Gasteiger partial charge is 0.0863 e. The summed E-state index contributed by atoms with van der Waals surface area (Å²) in [5.74, 6) is 0.889. The van der Waals surface area contributed by atoms with Gasteiger partial charge in [-0.1, -0.05) is 11.6 Å². The standard InChI is InChI=1S/C14H30N3O.HI/c1-16(2,3)10-12-8-7-9-13(14(12)15-18)11-17(4,5)6;/h12-13H,7-11H2,1-6H3;1H/q+1;. The Morgan fingerprint density at radius 2 is 1.32 bits per heavy atom. The van der Waals surface area contributed by atoms with Crippen LogP contribution in [0.25, 0.3) is 0 Å². The van der Waals surface area contributed by atoms with E-state index in [0.29, 0.717) is 11.8 Å². The quantitative estimate of drug-likeness (QED) is 0.277. The third-order valence-electron chi connectivity index (χ3n) is 3.59. The number of hydrogen-bond acceptors (Lipinski definition) is 2. The normalized spacial score (nSPS) is 24.8. The average Bonchev–Trinajstić information content (AvgIpc) is 2.12. The summed E-state index contributed by atoms with van der Waals surface area (Å²) < 4.78 is 1.86. The number of quaternary nitrogens is 2. The summed E-state index contributed by atoms with van der Waals surface area (Å²) >= 11 is 0.